The minimum atomic E-state index is -0.761. The van der Waals surface area contributed by atoms with Crippen LogP contribution in [0.3, 0.4) is 0 Å². The molecule has 0 amide bonds. The van der Waals surface area contributed by atoms with E-state index in [0.717, 1.165) is 13.0 Å². The van der Waals surface area contributed by atoms with Gasteiger partial charge in [-0.2, -0.15) is 0 Å². The van der Waals surface area contributed by atoms with Crippen LogP contribution in [0, 0.1) is 0 Å². The molecule has 0 aromatic rings. The second-order valence-corrected chi connectivity index (χ2v) is 4.27. The summed E-state index contributed by atoms with van der Waals surface area (Å²) in [4.78, 5) is 10.2. The Kier molecular flexibility index (Phi) is 8.15. The van der Waals surface area contributed by atoms with Gasteiger partial charge in [0.2, 0.25) is 0 Å². The topological polar surface area (TPSA) is 78.8 Å². The fourth-order valence-electron chi connectivity index (χ4n) is 1.29. The summed E-state index contributed by atoms with van der Waals surface area (Å²) in [6, 6.07) is 0. The molecule has 5 heteroatoms. The highest BCUT2D eigenvalue weighted by atomic mass is 16.5. The molecule has 0 spiro atoms. The highest BCUT2D eigenvalue weighted by molar-refractivity contribution is 5.66. The first kappa shape index (κ1) is 15.3. The predicted octanol–water partition coefficient (Wildman–Crippen LogP) is 0.618. The van der Waals surface area contributed by atoms with Gasteiger partial charge in [0.15, 0.2) is 0 Å². The summed E-state index contributed by atoms with van der Waals surface area (Å²) >= 11 is 0. The highest BCUT2D eigenvalue weighted by Crippen LogP contribution is 2.07. The second-order valence-electron chi connectivity index (χ2n) is 4.27. The van der Waals surface area contributed by atoms with Gasteiger partial charge in [-0.25, -0.2) is 0 Å². The van der Waals surface area contributed by atoms with Crippen LogP contribution in [0.1, 0.15) is 32.6 Å². The summed E-state index contributed by atoms with van der Waals surface area (Å²) in [7, 11) is 1.61. The normalized spacial score (nSPS) is 14.7. The summed E-state index contributed by atoms with van der Waals surface area (Å²) in [6.07, 6.45) is 2.28. The standard InChI is InChI=1S/C11H23NO4/c1-11(15,6-8-16-2)9-12-7-4-3-5-10(13)14/h12,15H,3-9H2,1-2H3,(H,13,14). The predicted molar refractivity (Wildman–Crippen MR) is 61.5 cm³/mol. The number of carbonyl (C=O) groups is 1. The maximum Gasteiger partial charge on any atom is 0.303 e. The zero-order chi connectivity index (χ0) is 12.4. The fourth-order valence-corrected chi connectivity index (χ4v) is 1.29. The number of methoxy groups -OCH3 is 1. The summed E-state index contributed by atoms with van der Waals surface area (Å²) < 4.78 is 4.90. The average molecular weight is 233 g/mol. The van der Waals surface area contributed by atoms with Crippen molar-refractivity contribution in [3.8, 4) is 0 Å². The number of carboxylic acids is 1. The molecule has 1 unspecified atom stereocenters. The Morgan fingerprint density at radius 3 is 2.69 bits per heavy atom. The fraction of sp³-hybridized carbons (Fsp3) is 0.909. The molecule has 3 N–H and O–H groups in total. The van der Waals surface area contributed by atoms with Crippen LogP contribution in [-0.2, 0) is 9.53 Å². The van der Waals surface area contributed by atoms with Crippen LogP contribution in [0.25, 0.3) is 0 Å². The lowest BCUT2D eigenvalue weighted by Gasteiger charge is -2.23. The van der Waals surface area contributed by atoms with E-state index >= 15 is 0 Å². The Hall–Kier alpha value is -0.650. The number of hydrogen-bond acceptors (Lipinski definition) is 4. The summed E-state index contributed by atoms with van der Waals surface area (Å²) in [5, 5.41) is 21.4. The maximum atomic E-state index is 10.2. The molecule has 0 aliphatic carbocycles. The van der Waals surface area contributed by atoms with Crippen molar-refractivity contribution in [2.75, 3.05) is 26.8 Å². The van der Waals surface area contributed by atoms with Gasteiger partial charge in [0, 0.05) is 33.1 Å². The number of aliphatic hydroxyl groups is 1. The van der Waals surface area contributed by atoms with E-state index in [9.17, 15) is 9.90 Å². The van der Waals surface area contributed by atoms with Gasteiger partial charge in [-0.15, -0.1) is 0 Å². The van der Waals surface area contributed by atoms with Crippen LogP contribution in [-0.4, -0.2) is 48.6 Å². The number of rotatable bonds is 10. The Bertz CT molecular complexity index is 194. The molecule has 0 saturated heterocycles. The van der Waals surface area contributed by atoms with Crippen molar-refractivity contribution in [1.29, 1.82) is 0 Å². The molecule has 0 aliphatic rings. The molecule has 5 nitrogen and oxygen atoms in total. The van der Waals surface area contributed by atoms with Gasteiger partial charge in [0.05, 0.1) is 5.60 Å². The Labute approximate surface area is 96.8 Å². The highest BCUT2D eigenvalue weighted by Gasteiger charge is 2.18. The zero-order valence-corrected chi connectivity index (χ0v) is 10.2. The van der Waals surface area contributed by atoms with Gasteiger partial charge in [0.1, 0.15) is 0 Å². The lowest BCUT2D eigenvalue weighted by atomic mass is 10.0. The molecule has 0 radical (unpaired) electrons. The molecule has 16 heavy (non-hydrogen) atoms. The third kappa shape index (κ3) is 9.89. The van der Waals surface area contributed by atoms with E-state index in [1.54, 1.807) is 14.0 Å². The van der Waals surface area contributed by atoms with Gasteiger partial charge in [-0.05, 0) is 26.3 Å². The van der Waals surface area contributed by atoms with Crippen molar-refractivity contribution >= 4 is 5.97 Å². The third-order valence-corrected chi connectivity index (χ3v) is 2.34. The van der Waals surface area contributed by atoms with E-state index in [2.05, 4.69) is 5.32 Å². The molecule has 0 aliphatic heterocycles. The summed E-state index contributed by atoms with van der Waals surface area (Å²) in [5.74, 6) is -0.757. The molecule has 1 atom stereocenters. The minimum Gasteiger partial charge on any atom is -0.481 e. The second kappa shape index (κ2) is 8.50. The number of nitrogens with one attached hydrogen (secondary N) is 1. The number of hydrogen-bond donors (Lipinski definition) is 3. The van der Waals surface area contributed by atoms with Gasteiger partial charge in [0.25, 0.3) is 0 Å². The van der Waals surface area contributed by atoms with E-state index < -0.39 is 11.6 Å². The van der Waals surface area contributed by atoms with Crippen molar-refractivity contribution < 1.29 is 19.7 Å². The Balaban J connectivity index is 3.39. The van der Waals surface area contributed by atoms with Crippen molar-refractivity contribution in [1.82, 2.24) is 5.32 Å². The Morgan fingerprint density at radius 1 is 1.44 bits per heavy atom. The maximum absolute atomic E-state index is 10.2. The number of aliphatic carboxylic acids is 1. The van der Waals surface area contributed by atoms with E-state index in [1.165, 1.54) is 0 Å². The van der Waals surface area contributed by atoms with E-state index in [4.69, 9.17) is 9.84 Å². The molecule has 0 saturated carbocycles. The molecule has 0 bridgehead atoms. The van der Waals surface area contributed by atoms with Crippen LogP contribution >= 0.6 is 0 Å². The van der Waals surface area contributed by atoms with Crippen LogP contribution in [0.2, 0.25) is 0 Å². The lowest BCUT2D eigenvalue weighted by molar-refractivity contribution is -0.137. The van der Waals surface area contributed by atoms with Crippen LogP contribution in [0.5, 0.6) is 0 Å². The van der Waals surface area contributed by atoms with Crippen LogP contribution in [0.15, 0.2) is 0 Å². The van der Waals surface area contributed by atoms with Crippen molar-refractivity contribution in [2.45, 2.75) is 38.2 Å². The smallest absolute Gasteiger partial charge is 0.303 e. The molecular formula is C11H23NO4. The van der Waals surface area contributed by atoms with E-state index in [-0.39, 0.29) is 6.42 Å². The first-order chi connectivity index (χ1) is 7.48. The number of ether oxygens (including phenoxy) is 1. The van der Waals surface area contributed by atoms with Gasteiger partial charge in [-0.3, -0.25) is 4.79 Å². The van der Waals surface area contributed by atoms with Crippen molar-refractivity contribution in [2.24, 2.45) is 0 Å². The molecule has 0 heterocycles. The van der Waals surface area contributed by atoms with Crippen LogP contribution < -0.4 is 5.32 Å². The quantitative estimate of drug-likeness (QED) is 0.482. The molecule has 0 aromatic carbocycles. The van der Waals surface area contributed by atoms with E-state index in [0.29, 0.717) is 26.0 Å². The first-order valence-corrected chi connectivity index (χ1v) is 5.62. The van der Waals surface area contributed by atoms with Gasteiger partial charge < -0.3 is 20.3 Å². The molecule has 0 aromatic heterocycles. The first-order valence-electron chi connectivity index (χ1n) is 5.62. The number of unbranched alkanes of at least 4 members (excludes halogenated alkanes) is 1. The number of carboxylic acid groups (broad SMARTS) is 1. The minimum absolute atomic E-state index is 0.210. The summed E-state index contributed by atoms with van der Waals surface area (Å²) in [6.45, 7) is 3.53. The molecular weight excluding hydrogens is 210 g/mol. The zero-order valence-electron chi connectivity index (χ0n) is 10.2. The lowest BCUT2D eigenvalue weighted by Crippen LogP contribution is -2.39. The van der Waals surface area contributed by atoms with Crippen LogP contribution in [0.4, 0.5) is 0 Å². The SMILES string of the molecule is COCCC(C)(O)CNCCCCC(=O)O. The summed E-state index contributed by atoms with van der Waals surface area (Å²) in [5.41, 5.74) is -0.761. The monoisotopic (exact) mass is 233 g/mol. The molecule has 96 valence electrons. The van der Waals surface area contributed by atoms with Crippen molar-refractivity contribution in [3.63, 3.8) is 0 Å². The largest absolute Gasteiger partial charge is 0.481 e. The average Bonchev–Trinajstić information content (AvgIpc) is 2.20. The van der Waals surface area contributed by atoms with E-state index in [1.807, 2.05) is 0 Å². The van der Waals surface area contributed by atoms with Gasteiger partial charge >= 0.3 is 5.97 Å². The third-order valence-electron chi connectivity index (χ3n) is 2.34. The van der Waals surface area contributed by atoms with Gasteiger partial charge in [-0.1, -0.05) is 0 Å². The Morgan fingerprint density at radius 2 is 2.12 bits per heavy atom. The molecule has 0 rings (SSSR count). The van der Waals surface area contributed by atoms with Crippen molar-refractivity contribution in [3.05, 3.63) is 0 Å². The molecule has 0 fully saturated rings.